The van der Waals surface area contributed by atoms with Crippen LogP contribution in [0.2, 0.25) is 0 Å². The van der Waals surface area contributed by atoms with E-state index in [1.54, 1.807) is 6.92 Å². The molecule has 0 aliphatic heterocycles. The maximum Gasteiger partial charge on any atom is 0.101 e. The fourth-order valence-electron chi connectivity index (χ4n) is 8.81. The van der Waals surface area contributed by atoms with Gasteiger partial charge in [0.25, 0.3) is 0 Å². The van der Waals surface area contributed by atoms with Crippen LogP contribution in [0, 0.1) is 16.7 Å². The largest absolute Gasteiger partial charge is 0.308 e. The van der Waals surface area contributed by atoms with Crippen LogP contribution < -0.4 is 4.90 Å². The molecule has 9 aromatic rings. The van der Waals surface area contributed by atoms with E-state index in [1.165, 1.54) is 66.1 Å². The van der Waals surface area contributed by atoms with Crippen molar-refractivity contribution in [2.75, 3.05) is 4.90 Å². The Kier molecular flexibility index (Phi) is 7.91. The van der Waals surface area contributed by atoms with Gasteiger partial charge in [-0.15, -0.1) is 0 Å². The molecule has 1 N–H and O–H groups in total. The molecule has 0 unspecified atom stereocenters. The molecular formula is C53H35N3. The Hall–Kier alpha value is -7.54. The highest BCUT2D eigenvalue weighted by atomic mass is 15.1. The molecule has 0 amide bonds. The normalized spacial score (nSPS) is 11.4. The average Bonchev–Trinajstić information content (AvgIpc) is 3.59. The van der Waals surface area contributed by atoms with Gasteiger partial charge in [-0.1, -0.05) is 158 Å². The lowest BCUT2D eigenvalue weighted by Gasteiger charge is -2.28. The third-order valence-corrected chi connectivity index (χ3v) is 11.2. The molecule has 0 aromatic heterocycles. The summed E-state index contributed by atoms with van der Waals surface area (Å²) >= 11 is 0. The monoisotopic (exact) mass is 713 g/mol. The molecule has 3 heteroatoms. The minimum atomic E-state index is 0.462. The van der Waals surface area contributed by atoms with Crippen LogP contribution in [0.15, 0.2) is 188 Å². The van der Waals surface area contributed by atoms with Crippen LogP contribution in [0.4, 0.5) is 17.1 Å². The van der Waals surface area contributed by atoms with Crippen LogP contribution in [0.3, 0.4) is 0 Å². The van der Waals surface area contributed by atoms with Crippen LogP contribution in [-0.4, -0.2) is 5.71 Å². The molecule has 0 spiro atoms. The van der Waals surface area contributed by atoms with Gasteiger partial charge in [-0.25, -0.2) is 0 Å². The third kappa shape index (κ3) is 5.16. The summed E-state index contributed by atoms with van der Waals surface area (Å²) in [5, 5.41) is 23.7. The van der Waals surface area contributed by atoms with Crippen LogP contribution in [0.1, 0.15) is 18.1 Å². The van der Waals surface area contributed by atoms with Gasteiger partial charge in [-0.2, -0.15) is 5.26 Å². The highest BCUT2D eigenvalue weighted by Gasteiger charge is 2.31. The molecule has 1 aliphatic carbocycles. The number of nitriles is 1. The minimum absolute atomic E-state index is 0.462. The van der Waals surface area contributed by atoms with Crippen LogP contribution >= 0.6 is 0 Å². The maximum atomic E-state index is 10.1. The van der Waals surface area contributed by atoms with E-state index in [-0.39, 0.29) is 0 Å². The van der Waals surface area contributed by atoms with Crippen molar-refractivity contribution < 1.29 is 0 Å². The second-order valence-corrected chi connectivity index (χ2v) is 14.3. The summed E-state index contributed by atoms with van der Waals surface area (Å²) in [5.74, 6) is 0. The summed E-state index contributed by atoms with van der Waals surface area (Å²) in [7, 11) is 0. The highest BCUT2D eigenvalue weighted by molar-refractivity contribution is 6.28. The average molecular weight is 714 g/mol. The zero-order valence-electron chi connectivity index (χ0n) is 30.8. The van der Waals surface area contributed by atoms with E-state index >= 15 is 0 Å². The Labute approximate surface area is 326 Å². The number of nitrogens with zero attached hydrogens (tertiary/aromatic N) is 2. The fraction of sp³-hybridized carbons (Fsp3) is 0.0189. The van der Waals surface area contributed by atoms with E-state index in [4.69, 9.17) is 5.41 Å². The quantitative estimate of drug-likeness (QED) is 0.167. The summed E-state index contributed by atoms with van der Waals surface area (Å²) in [6.45, 7) is 1.80. The lowest BCUT2D eigenvalue weighted by Crippen LogP contribution is -2.14. The number of hydrogen-bond acceptors (Lipinski definition) is 3. The molecule has 0 radical (unpaired) electrons. The van der Waals surface area contributed by atoms with Crippen LogP contribution in [-0.2, 0) is 0 Å². The van der Waals surface area contributed by atoms with Gasteiger partial charge >= 0.3 is 0 Å². The van der Waals surface area contributed by atoms with Gasteiger partial charge in [0.1, 0.15) is 6.07 Å². The standard InChI is InChI=1S/C53H35N3/c1-34(55)40-20-11-13-26-48(40)56(47-25-12-8-19-38(47)33-54)39-29-27-35(28-30-39)41-31-32-46-51-42(41)23-14-24-45(51)52-49(36-15-4-2-5-16-36)43-21-9-10-22-44(43)50(53(46)52)37-17-6-3-7-18-37/h2-32,55H,1H3. The highest BCUT2D eigenvalue weighted by Crippen LogP contribution is 2.58. The number of fused-ring (bicyclic) bond motifs is 4. The van der Waals surface area contributed by atoms with E-state index in [0.717, 1.165) is 33.8 Å². The topological polar surface area (TPSA) is 50.9 Å². The first kappa shape index (κ1) is 33.1. The summed E-state index contributed by atoms with van der Waals surface area (Å²) < 4.78 is 0. The number of para-hydroxylation sites is 2. The molecule has 10 rings (SSSR count). The summed E-state index contributed by atoms with van der Waals surface area (Å²) in [4.78, 5) is 2.10. The first-order valence-electron chi connectivity index (χ1n) is 18.9. The molecule has 0 fully saturated rings. The molecule has 0 heterocycles. The van der Waals surface area contributed by atoms with Gasteiger partial charge in [-0.05, 0) is 114 Å². The Balaban J connectivity index is 1.19. The van der Waals surface area contributed by atoms with E-state index < -0.39 is 0 Å². The molecular weight excluding hydrogens is 679 g/mol. The Morgan fingerprint density at radius 1 is 0.446 bits per heavy atom. The lowest BCUT2D eigenvalue weighted by molar-refractivity contribution is 1.26. The van der Waals surface area contributed by atoms with Crippen molar-refractivity contribution in [3.63, 3.8) is 0 Å². The molecule has 262 valence electrons. The van der Waals surface area contributed by atoms with E-state index in [0.29, 0.717) is 11.3 Å². The second kappa shape index (κ2) is 13.4. The molecule has 1 aliphatic rings. The smallest absolute Gasteiger partial charge is 0.101 e. The Morgan fingerprint density at radius 2 is 0.964 bits per heavy atom. The van der Waals surface area contributed by atoms with Gasteiger partial charge < -0.3 is 10.3 Å². The van der Waals surface area contributed by atoms with Crippen molar-refractivity contribution in [3.05, 3.63) is 199 Å². The minimum Gasteiger partial charge on any atom is -0.308 e. The number of benzene rings is 9. The summed E-state index contributed by atoms with van der Waals surface area (Å²) in [6, 6.07) is 68.5. The zero-order valence-corrected chi connectivity index (χ0v) is 30.8. The first-order chi connectivity index (χ1) is 27.6. The lowest BCUT2D eigenvalue weighted by atomic mass is 9.82. The van der Waals surface area contributed by atoms with Gasteiger partial charge in [0.15, 0.2) is 0 Å². The number of hydrogen-bond donors (Lipinski definition) is 1. The molecule has 9 aromatic carbocycles. The molecule has 56 heavy (non-hydrogen) atoms. The van der Waals surface area contributed by atoms with E-state index in [2.05, 4.69) is 150 Å². The van der Waals surface area contributed by atoms with Gasteiger partial charge in [0.05, 0.1) is 16.9 Å². The molecule has 0 saturated carbocycles. The first-order valence-corrected chi connectivity index (χ1v) is 18.9. The molecule has 0 saturated heterocycles. The molecule has 0 atom stereocenters. The summed E-state index contributed by atoms with van der Waals surface area (Å²) in [6.07, 6.45) is 0. The van der Waals surface area contributed by atoms with Crippen molar-refractivity contribution in [3.8, 4) is 61.7 Å². The van der Waals surface area contributed by atoms with E-state index in [9.17, 15) is 5.26 Å². The zero-order chi connectivity index (χ0) is 37.8. The number of anilines is 3. The Bertz CT molecular complexity index is 2950. The third-order valence-electron chi connectivity index (χ3n) is 11.2. The van der Waals surface area contributed by atoms with Gasteiger partial charge in [0.2, 0.25) is 0 Å². The predicted molar refractivity (Wildman–Crippen MR) is 234 cm³/mol. The van der Waals surface area contributed by atoms with Crippen molar-refractivity contribution in [2.24, 2.45) is 0 Å². The van der Waals surface area contributed by atoms with Gasteiger partial charge in [0, 0.05) is 17.0 Å². The summed E-state index contributed by atoms with van der Waals surface area (Å²) in [5.41, 5.74) is 16.7. The van der Waals surface area contributed by atoms with Gasteiger partial charge in [-0.3, -0.25) is 0 Å². The molecule has 0 bridgehead atoms. The fourth-order valence-corrected chi connectivity index (χ4v) is 8.81. The van der Waals surface area contributed by atoms with E-state index in [1.807, 2.05) is 48.5 Å². The SMILES string of the molecule is CC(=N)c1ccccc1N(c1ccc(-c2ccc3c4c(cccc24)-c2c-3c(-c3ccccc3)c3ccccc3c2-c2ccccc2)cc1)c1ccccc1C#N. The van der Waals surface area contributed by atoms with Crippen LogP contribution in [0.5, 0.6) is 0 Å². The predicted octanol–water partition coefficient (Wildman–Crippen LogP) is 14.4. The van der Waals surface area contributed by atoms with Crippen LogP contribution in [0.25, 0.3) is 77.2 Å². The molecule has 3 nitrogen and oxygen atoms in total. The van der Waals surface area contributed by atoms with Crippen molar-refractivity contribution in [1.29, 1.82) is 10.7 Å². The Morgan fingerprint density at radius 3 is 1.59 bits per heavy atom. The van der Waals surface area contributed by atoms with Crippen molar-refractivity contribution in [2.45, 2.75) is 6.92 Å². The van der Waals surface area contributed by atoms with Crippen molar-refractivity contribution in [1.82, 2.24) is 0 Å². The number of nitrogens with one attached hydrogen (secondary N) is 1. The maximum absolute atomic E-state index is 10.1. The van der Waals surface area contributed by atoms with Crippen molar-refractivity contribution >= 4 is 44.3 Å². The number of rotatable bonds is 7. The second-order valence-electron chi connectivity index (χ2n) is 14.3.